The van der Waals surface area contributed by atoms with Crippen LogP contribution >= 0.6 is 12.4 Å². The van der Waals surface area contributed by atoms with Gasteiger partial charge in [0, 0.05) is 25.8 Å². The molecule has 1 aromatic heterocycles. The van der Waals surface area contributed by atoms with Crippen LogP contribution in [0.1, 0.15) is 19.2 Å². The molecule has 1 aliphatic heterocycles. The van der Waals surface area contributed by atoms with Crippen molar-refractivity contribution in [3.8, 4) is 0 Å². The predicted molar refractivity (Wildman–Crippen MR) is 75.7 cm³/mol. The number of nitrogens with zero attached hydrogens (tertiary/aromatic N) is 3. The number of sulfonamides is 1. The first-order valence-corrected chi connectivity index (χ1v) is 7.52. The molecule has 6 nitrogen and oxygen atoms in total. The molecule has 0 saturated carbocycles. The van der Waals surface area contributed by atoms with E-state index in [9.17, 15) is 8.42 Å². The highest BCUT2D eigenvalue weighted by Gasteiger charge is 2.38. The van der Waals surface area contributed by atoms with Gasteiger partial charge in [0.25, 0.3) is 10.0 Å². The van der Waals surface area contributed by atoms with Gasteiger partial charge in [-0.3, -0.25) is 0 Å². The third-order valence-electron chi connectivity index (χ3n) is 3.60. The molecular formula is C11H21ClN4O2S. The Hall–Kier alpha value is -0.630. The number of halogens is 1. The molecule has 1 aromatic rings. The fourth-order valence-electron chi connectivity index (χ4n) is 2.39. The van der Waals surface area contributed by atoms with E-state index >= 15 is 0 Å². The summed E-state index contributed by atoms with van der Waals surface area (Å²) in [6, 6.07) is -0.00846. The second kappa shape index (κ2) is 5.78. The van der Waals surface area contributed by atoms with Crippen molar-refractivity contribution in [3.05, 3.63) is 12.0 Å². The fourth-order valence-corrected chi connectivity index (χ4v) is 4.13. The van der Waals surface area contributed by atoms with Crippen LogP contribution in [-0.4, -0.2) is 41.4 Å². The molecular weight excluding hydrogens is 288 g/mol. The summed E-state index contributed by atoms with van der Waals surface area (Å²) in [7, 11) is -1.70. The highest BCUT2D eigenvalue weighted by Crippen LogP contribution is 2.28. The maximum atomic E-state index is 12.5. The maximum Gasteiger partial charge on any atom is 0.262 e. The van der Waals surface area contributed by atoms with Crippen molar-refractivity contribution < 1.29 is 8.42 Å². The highest BCUT2D eigenvalue weighted by molar-refractivity contribution is 7.89. The molecule has 2 N–H and O–H groups in total. The van der Waals surface area contributed by atoms with Crippen LogP contribution in [0.3, 0.4) is 0 Å². The zero-order chi connectivity index (χ0) is 13.5. The lowest BCUT2D eigenvalue weighted by molar-refractivity contribution is 0.403. The van der Waals surface area contributed by atoms with E-state index in [-0.39, 0.29) is 29.4 Å². The van der Waals surface area contributed by atoms with E-state index in [0.29, 0.717) is 18.9 Å². The molecule has 1 saturated heterocycles. The molecule has 0 aliphatic carbocycles. The minimum Gasteiger partial charge on any atom is -0.337 e. The van der Waals surface area contributed by atoms with Crippen LogP contribution < -0.4 is 5.73 Å². The maximum absolute atomic E-state index is 12.5. The lowest BCUT2D eigenvalue weighted by Crippen LogP contribution is -2.34. The molecule has 0 radical (unpaired) electrons. The number of nitrogens with two attached hydrogens (primary N) is 1. The van der Waals surface area contributed by atoms with Crippen LogP contribution in [0.2, 0.25) is 0 Å². The normalized spacial score (nSPS) is 24.4. The average molecular weight is 309 g/mol. The van der Waals surface area contributed by atoms with Crippen LogP contribution in [0.15, 0.2) is 11.2 Å². The Kier molecular flexibility index (Phi) is 5.00. The van der Waals surface area contributed by atoms with E-state index in [2.05, 4.69) is 4.98 Å². The molecule has 0 aromatic carbocycles. The summed E-state index contributed by atoms with van der Waals surface area (Å²) in [5.74, 6) is 0.940. The van der Waals surface area contributed by atoms with Crippen LogP contribution in [-0.2, 0) is 17.1 Å². The molecule has 2 unspecified atom stereocenters. The monoisotopic (exact) mass is 308 g/mol. The number of hydrogen-bond acceptors (Lipinski definition) is 4. The third-order valence-corrected chi connectivity index (χ3v) is 5.45. The molecule has 8 heteroatoms. The lowest BCUT2D eigenvalue weighted by Gasteiger charge is -2.19. The van der Waals surface area contributed by atoms with Crippen LogP contribution in [0.4, 0.5) is 0 Å². The van der Waals surface area contributed by atoms with Crippen LogP contribution in [0.5, 0.6) is 0 Å². The molecule has 1 fully saturated rings. The summed E-state index contributed by atoms with van der Waals surface area (Å²) in [5, 5.41) is 0.132. The number of aromatic nitrogens is 2. The van der Waals surface area contributed by atoms with E-state index in [1.165, 1.54) is 4.31 Å². The first-order chi connectivity index (χ1) is 8.36. The fraction of sp³-hybridized carbons (Fsp3) is 0.727. The number of aryl methyl sites for hydroxylation is 2. The molecule has 2 atom stereocenters. The molecule has 1 aliphatic rings. The number of hydrogen-bond donors (Lipinski definition) is 1. The van der Waals surface area contributed by atoms with Gasteiger partial charge in [-0.15, -0.1) is 12.4 Å². The van der Waals surface area contributed by atoms with E-state index in [4.69, 9.17) is 5.73 Å². The summed E-state index contributed by atoms with van der Waals surface area (Å²) in [4.78, 5) is 4.11. The van der Waals surface area contributed by atoms with Gasteiger partial charge < -0.3 is 10.3 Å². The smallest absolute Gasteiger partial charge is 0.262 e. The van der Waals surface area contributed by atoms with Gasteiger partial charge in [-0.2, -0.15) is 4.31 Å². The van der Waals surface area contributed by atoms with Gasteiger partial charge in [0.2, 0.25) is 0 Å². The van der Waals surface area contributed by atoms with Crippen molar-refractivity contribution in [2.75, 3.05) is 13.1 Å². The van der Waals surface area contributed by atoms with Gasteiger partial charge >= 0.3 is 0 Å². The predicted octanol–water partition coefficient (Wildman–Crippen LogP) is 0.508. The van der Waals surface area contributed by atoms with Gasteiger partial charge in [0.15, 0.2) is 5.03 Å². The summed E-state index contributed by atoms with van der Waals surface area (Å²) in [6.45, 7) is 4.73. The van der Waals surface area contributed by atoms with Gasteiger partial charge in [-0.25, -0.2) is 13.4 Å². The third kappa shape index (κ3) is 2.94. The Morgan fingerprint density at radius 2 is 2.16 bits per heavy atom. The minimum absolute atomic E-state index is 0. The summed E-state index contributed by atoms with van der Waals surface area (Å²) < 4.78 is 28.2. The van der Waals surface area contributed by atoms with Gasteiger partial charge in [-0.05, 0) is 32.7 Å². The summed E-state index contributed by atoms with van der Waals surface area (Å²) in [5.41, 5.74) is 5.63. The highest BCUT2D eigenvalue weighted by atomic mass is 35.5. The average Bonchev–Trinajstić information content (AvgIpc) is 2.84. The minimum atomic E-state index is -3.49. The first kappa shape index (κ1) is 16.4. The molecule has 0 bridgehead atoms. The topological polar surface area (TPSA) is 81.2 Å². The second-order valence-electron chi connectivity index (χ2n) is 5.00. The molecule has 110 valence electrons. The first-order valence-electron chi connectivity index (χ1n) is 6.08. The van der Waals surface area contributed by atoms with Crippen LogP contribution in [0, 0.1) is 12.8 Å². The van der Waals surface area contributed by atoms with Crippen molar-refractivity contribution >= 4 is 22.4 Å². The standard InChI is InChI=1S/C11H20N4O2S.ClH/c1-8-4-10(5-12)6-15(8)18(16,17)11-7-14(3)9(2)13-11;/h7-8,10H,4-6,12H2,1-3H3;1H. The second-order valence-corrected chi connectivity index (χ2v) is 6.84. The molecule has 0 spiro atoms. The van der Waals surface area contributed by atoms with Crippen molar-refractivity contribution in [1.29, 1.82) is 0 Å². The van der Waals surface area contributed by atoms with Crippen LogP contribution in [0.25, 0.3) is 0 Å². The largest absolute Gasteiger partial charge is 0.337 e. The summed E-state index contributed by atoms with van der Waals surface area (Å²) >= 11 is 0. The van der Waals surface area contributed by atoms with E-state index in [1.54, 1.807) is 24.7 Å². The number of rotatable bonds is 3. The van der Waals surface area contributed by atoms with E-state index in [1.807, 2.05) is 6.92 Å². The molecule has 2 heterocycles. The Morgan fingerprint density at radius 3 is 2.58 bits per heavy atom. The summed E-state index contributed by atoms with van der Waals surface area (Å²) in [6.07, 6.45) is 2.38. The zero-order valence-electron chi connectivity index (χ0n) is 11.4. The Morgan fingerprint density at radius 1 is 1.53 bits per heavy atom. The van der Waals surface area contributed by atoms with Gasteiger partial charge in [-0.1, -0.05) is 0 Å². The van der Waals surface area contributed by atoms with Crippen molar-refractivity contribution in [1.82, 2.24) is 13.9 Å². The Labute approximate surface area is 120 Å². The SMILES string of the molecule is Cc1nc(S(=O)(=O)N2CC(CN)CC2C)cn1C.Cl. The quantitative estimate of drug-likeness (QED) is 0.882. The van der Waals surface area contributed by atoms with Crippen molar-refractivity contribution in [2.45, 2.75) is 31.3 Å². The molecule has 19 heavy (non-hydrogen) atoms. The van der Waals surface area contributed by atoms with E-state index in [0.717, 1.165) is 6.42 Å². The van der Waals surface area contributed by atoms with Crippen molar-refractivity contribution in [2.24, 2.45) is 18.7 Å². The van der Waals surface area contributed by atoms with Gasteiger partial charge in [0.1, 0.15) is 5.82 Å². The lowest BCUT2D eigenvalue weighted by atomic mass is 10.1. The van der Waals surface area contributed by atoms with E-state index < -0.39 is 10.0 Å². The molecule has 2 rings (SSSR count). The Balaban J connectivity index is 0.00000180. The van der Waals surface area contributed by atoms with Gasteiger partial charge in [0.05, 0.1) is 0 Å². The van der Waals surface area contributed by atoms with Crippen molar-refractivity contribution in [3.63, 3.8) is 0 Å². The zero-order valence-corrected chi connectivity index (χ0v) is 13.0. The Bertz CT molecular complexity index is 523. The number of imidazole rings is 1. The molecule has 0 amide bonds.